The molecule has 1 atom stereocenters. The van der Waals surface area contributed by atoms with E-state index in [4.69, 9.17) is 9.84 Å². The second kappa shape index (κ2) is 11.3. The Kier molecular flexibility index (Phi) is 8.50. The van der Waals surface area contributed by atoms with Crippen molar-refractivity contribution in [3.05, 3.63) is 54.6 Å². The van der Waals surface area contributed by atoms with E-state index < -0.39 is 24.0 Å². The van der Waals surface area contributed by atoms with Crippen LogP contribution in [-0.2, 0) is 9.59 Å². The minimum Gasteiger partial charge on any atom is -0.481 e. The molecule has 0 bridgehead atoms. The zero-order chi connectivity index (χ0) is 21.1. The maximum Gasteiger partial charge on any atom is 0.326 e. The van der Waals surface area contributed by atoms with Gasteiger partial charge < -0.3 is 25.6 Å². The van der Waals surface area contributed by atoms with E-state index in [9.17, 15) is 19.5 Å². The van der Waals surface area contributed by atoms with Gasteiger partial charge in [-0.1, -0.05) is 31.0 Å². The molecule has 0 spiro atoms. The molecule has 0 aromatic heterocycles. The van der Waals surface area contributed by atoms with Gasteiger partial charge >= 0.3 is 18.0 Å². The molecule has 2 rings (SSSR count). The Morgan fingerprint density at radius 1 is 0.862 bits per heavy atom. The normalized spacial score (nSPS) is 11.3. The van der Waals surface area contributed by atoms with Gasteiger partial charge in [0.2, 0.25) is 0 Å². The van der Waals surface area contributed by atoms with Gasteiger partial charge in [-0.05, 0) is 49.2 Å². The highest BCUT2D eigenvalue weighted by Gasteiger charge is 2.19. The minimum atomic E-state index is -1.13. The van der Waals surface area contributed by atoms with Gasteiger partial charge in [-0.25, -0.2) is 9.59 Å². The SMILES string of the molecule is O=C(O)CCCCC[C@H](NC(=O)Nc1ccc(Oc2ccccc2)cc1)C(=O)O. The number of carbonyl (C=O) groups excluding carboxylic acids is 1. The number of hydrogen-bond donors (Lipinski definition) is 4. The fourth-order valence-electron chi connectivity index (χ4n) is 2.62. The zero-order valence-corrected chi connectivity index (χ0v) is 15.8. The van der Waals surface area contributed by atoms with Crippen LogP contribution in [0.2, 0.25) is 0 Å². The van der Waals surface area contributed by atoms with Gasteiger partial charge in [0.25, 0.3) is 0 Å². The lowest BCUT2D eigenvalue weighted by atomic mass is 10.1. The van der Waals surface area contributed by atoms with Crippen LogP contribution in [0.3, 0.4) is 0 Å². The van der Waals surface area contributed by atoms with Crippen molar-refractivity contribution in [1.29, 1.82) is 0 Å². The van der Waals surface area contributed by atoms with E-state index in [1.165, 1.54) is 0 Å². The minimum absolute atomic E-state index is 0.0512. The number of urea groups is 1. The Balaban J connectivity index is 1.79. The van der Waals surface area contributed by atoms with Crippen LogP contribution in [0, 0.1) is 0 Å². The molecule has 0 fully saturated rings. The van der Waals surface area contributed by atoms with Crippen molar-refractivity contribution >= 4 is 23.7 Å². The number of anilines is 1. The number of nitrogens with one attached hydrogen (secondary N) is 2. The fraction of sp³-hybridized carbons (Fsp3) is 0.286. The predicted octanol–water partition coefficient (Wildman–Crippen LogP) is 4.09. The smallest absolute Gasteiger partial charge is 0.326 e. The van der Waals surface area contributed by atoms with Crippen molar-refractivity contribution < 1.29 is 29.3 Å². The van der Waals surface area contributed by atoms with Gasteiger partial charge in [-0.15, -0.1) is 0 Å². The number of carboxylic acid groups (broad SMARTS) is 2. The third kappa shape index (κ3) is 8.34. The number of ether oxygens (including phenoxy) is 1. The number of carbonyl (C=O) groups is 3. The molecule has 0 saturated carbocycles. The van der Waals surface area contributed by atoms with Crippen molar-refractivity contribution in [1.82, 2.24) is 5.32 Å². The molecule has 4 N–H and O–H groups in total. The Hall–Kier alpha value is -3.55. The summed E-state index contributed by atoms with van der Waals surface area (Å²) in [6.45, 7) is 0. The van der Waals surface area contributed by atoms with E-state index in [1.807, 2.05) is 30.3 Å². The van der Waals surface area contributed by atoms with Gasteiger partial charge in [0.05, 0.1) is 0 Å². The fourth-order valence-corrected chi connectivity index (χ4v) is 2.62. The largest absolute Gasteiger partial charge is 0.481 e. The summed E-state index contributed by atoms with van der Waals surface area (Å²) in [6, 6.07) is 14.3. The number of hydrogen-bond acceptors (Lipinski definition) is 4. The quantitative estimate of drug-likeness (QED) is 0.421. The highest BCUT2D eigenvalue weighted by molar-refractivity contribution is 5.92. The molecular formula is C21H24N2O6. The standard InChI is InChI=1S/C21H24N2O6/c24-19(25)10-6-2-5-9-18(20(26)27)23-21(28)22-15-11-13-17(14-12-15)29-16-7-3-1-4-8-16/h1,3-4,7-8,11-14,18H,2,5-6,9-10H2,(H,24,25)(H,26,27)(H2,22,23,28)/t18-/m0/s1. The number of para-hydroxylation sites is 1. The van der Waals surface area contributed by atoms with E-state index in [0.29, 0.717) is 36.4 Å². The van der Waals surface area contributed by atoms with Crippen molar-refractivity contribution in [2.75, 3.05) is 5.32 Å². The van der Waals surface area contributed by atoms with Crippen molar-refractivity contribution in [3.63, 3.8) is 0 Å². The van der Waals surface area contributed by atoms with Crippen LogP contribution >= 0.6 is 0 Å². The summed E-state index contributed by atoms with van der Waals surface area (Å²) >= 11 is 0. The molecule has 8 nitrogen and oxygen atoms in total. The van der Waals surface area contributed by atoms with Crippen LogP contribution in [0.5, 0.6) is 11.5 Å². The number of unbranched alkanes of at least 4 members (excludes halogenated alkanes) is 2. The summed E-state index contributed by atoms with van der Waals surface area (Å²) in [6.07, 6.45) is 1.85. The highest BCUT2D eigenvalue weighted by atomic mass is 16.5. The van der Waals surface area contributed by atoms with Gasteiger partial charge in [-0.2, -0.15) is 0 Å². The summed E-state index contributed by atoms with van der Waals surface area (Å²) in [5.41, 5.74) is 0.494. The van der Waals surface area contributed by atoms with E-state index >= 15 is 0 Å². The van der Waals surface area contributed by atoms with Crippen molar-refractivity contribution in [2.24, 2.45) is 0 Å². The van der Waals surface area contributed by atoms with Crippen molar-refractivity contribution in [3.8, 4) is 11.5 Å². The number of benzene rings is 2. The van der Waals surface area contributed by atoms with Crippen LogP contribution in [0.25, 0.3) is 0 Å². The summed E-state index contributed by atoms with van der Waals surface area (Å²) in [7, 11) is 0. The van der Waals surface area contributed by atoms with Gasteiger partial charge in [0, 0.05) is 12.1 Å². The van der Waals surface area contributed by atoms with E-state index in [1.54, 1.807) is 24.3 Å². The molecule has 29 heavy (non-hydrogen) atoms. The van der Waals surface area contributed by atoms with E-state index in [0.717, 1.165) is 0 Å². The lowest BCUT2D eigenvalue weighted by Crippen LogP contribution is -2.42. The maximum atomic E-state index is 12.1. The summed E-state index contributed by atoms with van der Waals surface area (Å²) < 4.78 is 5.67. The van der Waals surface area contributed by atoms with Crippen LogP contribution in [0.1, 0.15) is 32.1 Å². The summed E-state index contributed by atoms with van der Waals surface area (Å²) in [5, 5.41) is 22.9. The number of carboxylic acids is 2. The van der Waals surface area contributed by atoms with Gasteiger partial charge in [-0.3, -0.25) is 4.79 Å². The number of amides is 2. The van der Waals surface area contributed by atoms with E-state index in [2.05, 4.69) is 10.6 Å². The van der Waals surface area contributed by atoms with Gasteiger partial charge in [0.1, 0.15) is 17.5 Å². The first-order valence-electron chi connectivity index (χ1n) is 9.29. The topological polar surface area (TPSA) is 125 Å². The number of rotatable bonds is 11. The molecule has 0 radical (unpaired) electrons. The maximum absolute atomic E-state index is 12.1. The molecule has 8 heteroatoms. The monoisotopic (exact) mass is 400 g/mol. The molecule has 0 aliphatic carbocycles. The Morgan fingerprint density at radius 2 is 1.52 bits per heavy atom. The first-order chi connectivity index (χ1) is 13.9. The molecule has 0 aliphatic heterocycles. The highest BCUT2D eigenvalue weighted by Crippen LogP contribution is 2.22. The van der Waals surface area contributed by atoms with E-state index in [-0.39, 0.29) is 12.8 Å². The molecule has 154 valence electrons. The third-order valence-electron chi connectivity index (χ3n) is 4.08. The molecule has 0 unspecified atom stereocenters. The second-order valence-electron chi connectivity index (χ2n) is 6.42. The molecule has 0 heterocycles. The molecule has 2 aromatic carbocycles. The molecule has 0 aliphatic rings. The number of aliphatic carboxylic acids is 2. The van der Waals surface area contributed by atoms with Crippen molar-refractivity contribution in [2.45, 2.75) is 38.1 Å². The van der Waals surface area contributed by atoms with Crippen LogP contribution < -0.4 is 15.4 Å². The lowest BCUT2D eigenvalue weighted by molar-refractivity contribution is -0.139. The molecule has 0 saturated heterocycles. The lowest BCUT2D eigenvalue weighted by Gasteiger charge is -2.15. The first kappa shape index (κ1) is 21.7. The molecular weight excluding hydrogens is 376 g/mol. The average Bonchev–Trinajstić information content (AvgIpc) is 2.69. The van der Waals surface area contributed by atoms with Crippen LogP contribution in [0.15, 0.2) is 54.6 Å². The Bertz CT molecular complexity index is 808. The van der Waals surface area contributed by atoms with Crippen LogP contribution in [-0.4, -0.2) is 34.2 Å². The Labute approximate surface area is 168 Å². The molecule has 2 amide bonds. The van der Waals surface area contributed by atoms with Crippen LogP contribution in [0.4, 0.5) is 10.5 Å². The summed E-state index contributed by atoms with van der Waals surface area (Å²) in [4.78, 5) is 33.9. The first-order valence-corrected chi connectivity index (χ1v) is 9.29. The second-order valence-corrected chi connectivity index (χ2v) is 6.42. The Morgan fingerprint density at radius 3 is 2.14 bits per heavy atom. The summed E-state index contributed by atoms with van der Waals surface area (Å²) in [5.74, 6) is -0.715. The zero-order valence-electron chi connectivity index (χ0n) is 15.8. The third-order valence-corrected chi connectivity index (χ3v) is 4.08. The average molecular weight is 400 g/mol. The predicted molar refractivity (Wildman–Crippen MR) is 107 cm³/mol. The molecule has 2 aromatic rings. The van der Waals surface area contributed by atoms with Gasteiger partial charge in [0.15, 0.2) is 0 Å².